The lowest BCUT2D eigenvalue weighted by Crippen LogP contribution is -2.45. The van der Waals surface area contributed by atoms with Crippen LogP contribution in [0.2, 0.25) is 0 Å². The Morgan fingerprint density at radius 2 is 1.76 bits per heavy atom. The number of rotatable bonds is 10. The fourth-order valence-corrected chi connectivity index (χ4v) is 6.96. The molecule has 46 heavy (non-hydrogen) atoms. The number of amides is 1. The first kappa shape index (κ1) is 35.2. The number of carbonyl (C=O) groups is 3. The van der Waals surface area contributed by atoms with Gasteiger partial charge in [-0.1, -0.05) is 24.3 Å². The Kier molecular flexibility index (Phi) is 11.4. The molecule has 9 nitrogen and oxygen atoms in total. The van der Waals surface area contributed by atoms with Crippen molar-refractivity contribution in [3.63, 3.8) is 0 Å². The molecule has 1 saturated heterocycles. The molecule has 3 aromatic rings. The molecular weight excluding hydrogens is 691 g/mol. The Bertz CT molecular complexity index is 1570. The third kappa shape index (κ3) is 9.01. The summed E-state index contributed by atoms with van der Waals surface area (Å²) in [7, 11) is 1.23. The van der Waals surface area contributed by atoms with Crippen molar-refractivity contribution in [3.8, 4) is 16.2 Å². The van der Waals surface area contributed by atoms with Crippen LogP contribution in [0, 0.1) is 5.92 Å². The van der Waals surface area contributed by atoms with Gasteiger partial charge in [-0.05, 0) is 98.4 Å². The molecule has 1 amide bonds. The number of methoxy groups -OCH3 is 1. The van der Waals surface area contributed by atoms with Gasteiger partial charge in [0.1, 0.15) is 11.6 Å². The lowest BCUT2D eigenvalue weighted by atomic mass is 9.89. The lowest BCUT2D eigenvalue weighted by Gasteiger charge is -2.31. The van der Waals surface area contributed by atoms with Crippen molar-refractivity contribution in [1.29, 1.82) is 0 Å². The quantitative estimate of drug-likeness (QED) is 0.189. The number of thiophene rings is 1. The molecule has 1 aliphatic heterocycles. The second-order valence-corrected chi connectivity index (χ2v) is 13.4. The maximum atomic E-state index is 13.7. The number of nitrogens with one attached hydrogen (secondary N) is 3. The Morgan fingerprint density at radius 3 is 2.41 bits per heavy atom. The first-order valence-corrected chi connectivity index (χ1v) is 16.1. The van der Waals surface area contributed by atoms with Crippen molar-refractivity contribution in [2.75, 3.05) is 37.4 Å². The Balaban J connectivity index is 1.63. The van der Waals surface area contributed by atoms with Crippen LogP contribution in [0.3, 0.4) is 0 Å². The molecule has 1 aliphatic rings. The molecule has 0 bridgehead atoms. The fourth-order valence-electron chi connectivity index (χ4n) is 4.99. The predicted molar refractivity (Wildman–Crippen MR) is 173 cm³/mol. The van der Waals surface area contributed by atoms with Crippen LogP contribution in [0.25, 0.3) is 10.4 Å². The number of alkyl halides is 3. The van der Waals surface area contributed by atoms with Gasteiger partial charge in [-0.2, -0.15) is 13.2 Å². The van der Waals surface area contributed by atoms with E-state index in [4.69, 9.17) is 14.2 Å². The van der Waals surface area contributed by atoms with Crippen molar-refractivity contribution in [3.05, 3.63) is 63.4 Å². The van der Waals surface area contributed by atoms with Crippen molar-refractivity contribution in [1.82, 2.24) is 5.32 Å². The molecule has 2 heterocycles. The standard InChI is InChI=1S/C32H35BrF3N3O6S/c1-31(2,3)45-23(40)17-44-26-24(33)27(46-28(26)30(42)43-4)19-8-7-9-20(16-19)38-25(18-12-14-37-15-13-18)29(41)39-22-11-6-5-10-21(22)32(34,35)36/h5-11,16,18,25,37-38H,12-15,17H2,1-4H3,(H,39,41). The summed E-state index contributed by atoms with van der Waals surface area (Å²) in [5, 5.41) is 9.01. The van der Waals surface area contributed by atoms with E-state index >= 15 is 0 Å². The van der Waals surface area contributed by atoms with Gasteiger partial charge < -0.3 is 30.2 Å². The van der Waals surface area contributed by atoms with Crippen molar-refractivity contribution in [2.45, 2.75) is 51.4 Å². The fraction of sp³-hybridized carbons (Fsp3) is 0.406. The van der Waals surface area contributed by atoms with Crippen LogP contribution in [-0.2, 0) is 25.2 Å². The minimum atomic E-state index is -4.64. The molecule has 0 saturated carbocycles. The summed E-state index contributed by atoms with van der Waals surface area (Å²) in [4.78, 5) is 39.3. The molecular formula is C32H35BrF3N3O6S. The highest BCUT2D eigenvalue weighted by molar-refractivity contribution is 9.10. The van der Waals surface area contributed by atoms with Gasteiger partial charge >= 0.3 is 18.1 Å². The van der Waals surface area contributed by atoms with Gasteiger partial charge in [0.25, 0.3) is 0 Å². The number of anilines is 2. The molecule has 1 fully saturated rings. The molecule has 4 rings (SSSR count). The zero-order valence-corrected chi connectivity index (χ0v) is 28.1. The van der Waals surface area contributed by atoms with Crippen LogP contribution < -0.4 is 20.7 Å². The van der Waals surface area contributed by atoms with Crippen LogP contribution in [0.1, 0.15) is 48.8 Å². The summed E-state index contributed by atoms with van der Waals surface area (Å²) in [6.45, 7) is 6.07. The van der Waals surface area contributed by atoms with E-state index < -0.39 is 47.8 Å². The van der Waals surface area contributed by atoms with E-state index in [0.29, 0.717) is 46.5 Å². The highest BCUT2D eigenvalue weighted by Crippen LogP contribution is 2.46. The Labute approximate surface area is 277 Å². The van der Waals surface area contributed by atoms with E-state index in [2.05, 4.69) is 31.9 Å². The van der Waals surface area contributed by atoms with E-state index in [1.165, 1.54) is 25.3 Å². The minimum Gasteiger partial charge on any atom is -0.479 e. The van der Waals surface area contributed by atoms with Gasteiger partial charge in [0.05, 0.1) is 27.7 Å². The third-order valence-electron chi connectivity index (χ3n) is 7.01. The summed E-state index contributed by atoms with van der Waals surface area (Å²) in [6.07, 6.45) is -3.35. The van der Waals surface area contributed by atoms with Crippen LogP contribution in [-0.4, -0.2) is 56.3 Å². The molecule has 248 valence electrons. The van der Waals surface area contributed by atoms with Crippen molar-refractivity contribution in [2.24, 2.45) is 5.92 Å². The summed E-state index contributed by atoms with van der Waals surface area (Å²) in [6, 6.07) is 11.1. The van der Waals surface area contributed by atoms with Crippen LogP contribution >= 0.6 is 27.3 Å². The number of hydrogen-bond donors (Lipinski definition) is 3. The number of esters is 2. The highest BCUT2D eigenvalue weighted by Gasteiger charge is 2.36. The predicted octanol–water partition coefficient (Wildman–Crippen LogP) is 7.12. The molecule has 0 radical (unpaired) electrons. The number of piperidine rings is 1. The number of carbonyl (C=O) groups excluding carboxylic acids is 3. The van der Waals surface area contributed by atoms with E-state index in [0.717, 1.165) is 17.4 Å². The molecule has 0 aliphatic carbocycles. The molecule has 3 N–H and O–H groups in total. The SMILES string of the molecule is COC(=O)c1sc(-c2cccc(NC(C(=O)Nc3ccccc3C(F)(F)F)C3CCNCC3)c2)c(Br)c1OCC(=O)OC(C)(C)C. The summed E-state index contributed by atoms with van der Waals surface area (Å²) in [5.74, 6) is -1.90. The first-order chi connectivity index (χ1) is 21.7. The topological polar surface area (TPSA) is 115 Å². The summed E-state index contributed by atoms with van der Waals surface area (Å²) >= 11 is 4.60. The Hall–Kier alpha value is -3.62. The molecule has 1 atom stereocenters. The van der Waals surface area contributed by atoms with Crippen molar-refractivity contribution >= 4 is 56.5 Å². The average molecular weight is 727 g/mol. The monoisotopic (exact) mass is 725 g/mol. The smallest absolute Gasteiger partial charge is 0.418 e. The van der Waals surface area contributed by atoms with Crippen LogP contribution in [0.5, 0.6) is 5.75 Å². The van der Waals surface area contributed by atoms with Crippen LogP contribution in [0.4, 0.5) is 24.5 Å². The van der Waals surface area contributed by atoms with E-state index in [-0.39, 0.29) is 22.2 Å². The van der Waals surface area contributed by atoms with Gasteiger partial charge in [0, 0.05) is 5.69 Å². The second-order valence-electron chi connectivity index (χ2n) is 11.6. The number of halogens is 4. The largest absolute Gasteiger partial charge is 0.479 e. The van der Waals surface area contributed by atoms with E-state index in [1.54, 1.807) is 45.0 Å². The van der Waals surface area contributed by atoms with E-state index in [9.17, 15) is 27.6 Å². The number of hydrogen-bond acceptors (Lipinski definition) is 9. The van der Waals surface area contributed by atoms with Gasteiger partial charge in [0.15, 0.2) is 17.2 Å². The minimum absolute atomic E-state index is 0.117. The van der Waals surface area contributed by atoms with E-state index in [1.807, 2.05) is 0 Å². The normalized spacial score (nSPS) is 14.7. The highest BCUT2D eigenvalue weighted by atomic mass is 79.9. The molecule has 1 unspecified atom stereocenters. The maximum absolute atomic E-state index is 13.7. The molecule has 1 aromatic heterocycles. The van der Waals surface area contributed by atoms with Gasteiger partial charge in [-0.15, -0.1) is 11.3 Å². The number of ether oxygens (including phenoxy) is 3. The first-order valence-electron chi connectivity index (χ1n) is 14.5. The van der Waals surface area contributed by atoms with Gasteiger partial charge in [-0.25, -0.2) is 9.59 Å². The van der Waals surface area contributed by atoms with Gasteiger partial charge in [0.2, 0.25) is 5.91 Å². The molecule has 14 heteroatoms. The maximum Gasteiger partial charge on any atom is 0.418 e. The lowest BCUT2D eigenvalue weighted by molar-refractivity contribution is -0.157. The van der Waals surface area contributed by atoms with Gasteiger partial charge in [-0.3, -0.25) is 4.79 Å². The number of para-hydroxylation sites is 1. The molecule has 2 aromatic carbocycles. The molecule has 0 spiro atoms. The zero-order valence-electron chi connectivity index (χ0n) is 25.7. The summed E-state index contributed by atoms with van der Waals surface area (Å²) in [5.41, 5.74) is -0.780. The second kappa shape index (κ2) is 14.9. The number of benzene rings is 2. The third-order valence-corrected chi connectivity index (χ3v) is 9.23. The van der Waals surface area contributed by atoms with Crippen molar-refractivity contribution < 1.29 is 41.8 Å². The van der Waals surface area contributed by atoms with Crippen LogP contribution in [0.15, 0.2) is 53.0 Å². The zero-order chi connectivity index (χ0) is 33.6. The Morgan fingerprint density at radius 1 is 1.07 bits per heavy atom. The summed E-state index contributed by atoms with van der Waals surface area (Å²) < 4.78 is 57.4. The average Bonchev–Trinajstić information content (AvgIpc) is 3.33.